The fraction of sp³-hybridized carbons (Fsp3) is 0.133. The Balaban J connectivity index is 1.80. The predicted molar refractivity (Wildman–Crippen MR) is 71.7 cm³/mol. The lowest BCUT2D eigenvalue weighted by Crippen LogP contribution is -2.12. The van der Waals surface area contributed by atoms with E-state index in [1.165, 1.54) is 18.2 Å². The fourth-order valence-corrected chi connectivity index (χ4v) is 1.96. The van der Waals surface area contributed by atoms with Crippen molar-refractivity contribution in [3.8, 4) is 11.5 Å². The quantitative estimate of drug-likeness (QED) is 0.914. The van der Waals surface area contributed by atoms with E-state index in [0.717, 1.165) is 0 Å². The van der Waals surface area contributed by atoms with Crippen LogP contribution in [0.4, 0.5) is 10.1 Å². The second kappa shape index (κ2) is 4.85. The topological polar surface area (TPSA) is 47.6 Å². The van der Waals surface area contributed by atoms with Gasteiger partial charge in [0, 0.05) is 17.3 Å². The number of anilines is 1. The normalized spacial score (nSPS) is 12.3. The highest BCUT2D eigenvalue weighted by Crippen LogP contribution is 2.34. The molecule has 4 nitrogen and oxygen atoms in total. The van der Waals surface area contributed by atoms with Gasteiger partial charge in [0.15, 0.2) is 11.5 Å². The van der Waals surface area contributed by atoms with E-state index in [2.05, 4.69) is 5.32 Å². The SMILES string of the molecule is Cc1cc(C(=O)Nc2ccc3c(c2)OCO3)ccc1F. The molecule has 20 heavy (non-hydrogen) atoms. The molecule has 0 radical (unpaired) electrons. The highest BCUT2D eigenvalue weighted by molar-refractivity contribution is 6.04. The van der Waals surface area contributed by atoms with Gasteiger partial charge < -0.3 is 14.8 Å². The van der Waals surface area contributed by atoms with Crippen molar-refractivity contribution in [3.05, 3.63) is 53.3 Å². The Morgan fingerprint density at radius 2 is 1.95 bits per heavy atom. The van der Waals surface area contributed by atoms with Gasteiger partial charge in [-0.15, -0.1) is 0 Å². The lowest BCUT2D eigenvalue weighted by molar-refractivity contribution is 0.102. The summed E-state index contributed by atoms with van der Waals surface area (Å²) < 4.78 is 23.6. The minimum absolute atomic E-state index is 0.184. The van der Waals surface area contributed by atoms with E-state index >= 15 is 0 Å². The Labute approximate surface area is 115 Å². The fourth-order valence-electron chi connectivity index (χ4n) is 1.96. The van der Waals surface area contributed by atoms with Crippen LogP contribution < -0.4 is 14.8 Å². The summed E-state index contributed by atoms with van der Waals surface area (Å²) in [6, 6.07) is 9.39. The summed E-state index contributed by atoms with van der Waals surface area (Å²) in [5, 5.41) is 2.74. The average molecular weight is 273 g/mol. The third-order valence-electron chi connectivity index (χ3n) is 3.05. The van der Waals surface area contributed by atoms with Crippen molar-refractivity contribution < 1.29 is 18.7 Å². The van der Waals surface area contributed by atoms with Gasteiger partial charge in [0.1, 0.15) is 5.82 Å². The molecule has 0 saturated heterocycles. The molecule has 2 aromatic carbocycles. The smallest absolute Gasteiger partial charge is 0.255 e. The highest BCUT2D eigenvalue weighted by atomic mass is 19.1. The van der Waals surface area contributed by atoms with Gasteiger partial charge in [-0.05, 0) is 42.8 Å². The molecule has 0 unspecified atom stereocenters. The second-order valence-electron chi connectivity index (χ2n) is 4.49. The van der Waals surface area contributed by atoms with Gasteiger partial charge in [0.05, 0.1) is 0 Å². The van der Waals surface area contributed by atoms with Gasteiger partial charge in [-0.25, -0.2) is 4.39 Å². The third-order valence-corrected chi connectivity index (χ3v) is 3.05. The molecule has 0 aliphatic carbocycles. The number of hydrogen-bond donors (Lipinski definition) is 1. The molecule has 5 heteroatoms. The van der Waals surface area contributed by atoms with Crippen LogP contribution in [0.5, 0.6) is 11.5 Å². The number of hydrogen-bond acceptors (Lipinski definition) is 3. The van der Waals surface area contributed by atoms with Crippen LogP contribution in [0.2, 0.25) is 0 Å². The van der Waals surface area contributed by atoms with Gasteiger partial charge in [-0.2, -0.15) is 0 Å². The summed E-state index contributed by atoms with van der Waals surface area (Å²) in [7, 11) is 0. The lowest BCUT2D eigenvalue weighted by Gasteiger charge is -2.07. The number of halogens is 1. The van der Waals surface area contributed by atoms with Crippen LogP contribution >= 0.6 is 0 Å². The van der Waals surface area contributed by atoms with Crippen LogP contribution in [-0.4, -0.2) is 12.7 Å². The van der Waals surface area contributed by atoms with Gasteiger partial charge in [-0.3, -0.25) is 4.79 Å². The van der Waals surface area contributed by atoms with E-state index < -0.39 is 0 Å². The van der Waals surface area contributed by atoms with Crippen molar-refractivity contribution in [2.45, 2.75) is 6.92 Å². The first-order valence-corrected chi connectivity index (χ1v) is 6.10. The molecule has 3 rings (SSSR count). The van der Waals surface area contributed by atoms with Crippen LogP contribution in [0, 0.1) is 12.7 Å². The highest BCUT2D eigenvalue weighted by Gasteiger charge is 2.15. The van der Waals surface area contributed by atoms with Crippen molar-refractivity contribution in [2.75, 3.05) is 12.1 Å². The third kappa shape index (κ3) is 2.30. The summed E-state index contributed by atoms with van der Waals surface area (Å²) in [5.41, 5.74) is 1.44. The largest absolute Gasteiger partial charge is 0.454 e. The van der Waals surface area contributed by atoms with Crippen molar-refractivity contribution in [1.82, 2.24) is 0 Å². The number of ether oxygens (including phenoxy) is 2. The van der Waals surface area contributed by atoms with Crippen molar-refractivity contribution in [1.29, 1.82) is 0 Å². The Morgan fingerprint density at radius 1 is 1.15 bits per heavy atom. The number of aryl methyl sites for hydroxylation is 1. The summed E-state index contributed by atoms with van der Waals surface area (Å²) in [6.45, 7) is 1.80. The molecular formula is C15H12FNO3. The number of amides is 1. The molecule has 1 heterocycles. The maximum absolute atomic E-state index is 13.2. The molecule has 0 atom stereocenters. The van der Waals surface area contributed by atoms with E-state index in [0.29, 0.717) is 28.3 Å². The van der Waals surface area contributed by atoms with E-state index in [9.17, 15) is 9.18 Å². The number of nitrogens with one attached hydrogen (secondary N) is 1. The monoisotopic (exact) mass is 273 g/mol. The molecule has 1 amide bonds. The Hall–Kier alpha value is -2.56. The number of rotatable bonds is 2. The lowest BCUT2D eigenvalue weighted by atomic mass is 10.1. The number of carbonyl (C=O) groups is 1. The molecule has 0 saturated carbocycles. The van der Waals surface area contributed by atoms with Crippen molar-refractivity contribution >= 4 is 11.6 Å². The maximum Gasteiger partial charge on any atom is 0.255 e. The first-order chi connectivity index (χ1) is 9.63. The van der Waals surface area contributed by atoms with Crippen LogP contribution in [0.15, 0.2) is 36.4 Å². The first-order valence-electron chi connectivity index (χ1n) is 6.10. The van der Waals surface area contributed by atoms with E-state index in [4.69, 9.17) is 9.47 Å². The van der Waals surface area contributed by atoms with Gasteiger partial charge in [0.25, 0.3) is 5.91 Å². The van der Waals surface area contributed by atoms with Gasteiger partial charge in [0.2, 0.25) is 6.79 Å². The van der Waals surface area contributed by atoms with Gasteiger partial charge in [-0.1, -0.05) is 0 Å². The molecule has 1 aliphatic heterocycles. The Morgan fingerprint density at radius 3 is 2.75 bits per heavy atom. The maximum atomic E-state index is 13.2. The predicted octanol–water partition coefficient (Wildman–Crippen LogP) is 3.12. The Bertz CT molecular complexity index is 685. The zero-order valence-electron chi connectivity index (χ0n) is 10.8. The van der Waals surface area contributed by atoms with Crippen molar-refractivity contribution in [3.63, 3.8) is 0 Å². The number of carbonyl (C=O) groups excluding carboxylic acids is 1. The van der Waals surface area contributed by atoms with Crippen LogP contribution in [0.25, 0.3) is 0 Å². The molecular weight excluding hydrogens is 261 g/mol. The van der Waals surface area contributed by atoms with Crippen LogP contribution in [-0.2, 0) is 0 Å². The molecule has 102 valence electrons. The first kappa shape index (κ1) is 12.5. The number of fused-ring (bicyclic) bond motifs is 1. The van der Waals surface area contributed by atoms with Crippen molar-refractivity contribution in [2.24, 2.45) is 0 Å². The van der Waals surface area contributed by atoms with E-state index in [-0.39, 0.29) is 18.5 Å². The summed E-state index contributed by atoms with van der Waals surface area (Å²) >= 11 is 0. The molecule has 0 aromatic heterocycles. The average Bonchev–Trinajstić information content (AvgIpc) is 2.89. The summed E-state index contributed by atoms with van der Waals surface area (Å²) in [5.74, 6) is 0.621. The minimum Gasteiger partial charge on any atom is -0.454 e. The standard InChI is InChI=1S/C15H12FNO3/c1-9-6-10(2-4-12(9)16)15(18)17-11-3-5-13-14(7-11)20-8-19-13/h2-7H,8H2,1H3,(H,17,18). The van der Waals surface area contributed by atoms with E-state index in [1.807, 2.05) is 0 Å². The zero-order chi connectivity index (χ0) is 14.1. The summed E-state index contributed by atoms with van der Waals surface area (Å²) in [6.07, 6.45) is 0. The van der Waals surface area contributed by atoms with Gasteiger partial charge >= 0.3 is 0 Å². The zero-order valence-corrected chi connectivity index (χ0v) is 10.8. The molecule has 1 aliphatic rings. The molecule has 0 bridgehead atoms. The Kier molecular flexibility index (Phi) is 3.02. The molecule has 1 N–H and O–H groups in total. The molecule has 0 fully saturated rings. The minimum atomic E-state index is -0.329. The second-order valence-corrected chi connectivity index (χ2v) is 4.49. The van der Waals surface area contributed by atoms with Crippen LogP contribution in [0.1, 0.15) is 15.9 Å². The summed E-state index contributed by atoms with van der Waals surface area (Å²) in [4.78, 5) is 12.1. The van der Waals surface area contributed by atoms with E-state index in [1.54, 1.807) is 25.1 Å². The molecule has 0 spiro atoms. The molecule has 2 aromatic rings. The number of benzene rings is 2. The van der Waals surface area contributed by atoms with Crippen LogP contribution in [0.3, 0.4) is 0 Å².